The first-order chi connectivity index (χ1) is 14.9. The van der Waals surface area contributed by atoms with Gasteiger partial charge in [-0.3, -0.25) is 4.79 Å². The van der Waals surface area contributed by atoms with Crippen molar-refractivity contribution in [3.05, 3.63) is 87.9 Å². The quantitative estimate of drug-likeness (QED) is 0.640. The Bertz CT molecular complexity index is 1100. The van der Waals surface area contributed by atoms with Gasteiger partial charge in [0.2, 0.25) is 0 Å². The second kappa shape index (κ2) is 8.88. The minimum absolute atomic E-state index is 0.118. The topological polar surface area (TPSA) is 49.3 Å². The van der Waals surface area contributed by atoms with Crippen molar-refractivity contribution in [1.82, 2.24) is 14.9 Å². The van der Waals surface area contributed by atoms with Crippen molar-refractivity contribution < 1.29 is 4.79 Å². The Hall–Kier alpha value is -3.21. The summed E-state index contributed by atoms with van der Waals surface area (Å²) in [5.74, 6) is 1.92. The van der Waals surface area contributed by atoms with Crippen LogP contribution in [0.25, 0.3) is 0 Å². The number of hydrogen-bond acceptors (Lipinski definition) is 4. The van der Waals surface area contributed by atoms with E-state index in [0.717, 1.165) is 48.0 Å². The molecule has 4 rings (SSSR count). The Morgan fingerprint density at radius 3 is 2.35 bits per heavy atom. The lowest BCUT2D eigenvalue weighted by atomic mass is 10.0. The van der Waals surface area contributed by atoms with Gasteiger partial charge in [-0.05, 0) is 44.9 Å². The zero-order valence-corrected chi connectivity index (χ0v) is 18.9. The second-order valence-electron chi connectivity index (χ2n) is 8.42. The summed E-state index contributed by atoms with van der Waals surface area (Å²) >= 11 is 0. The molecule has 0 N–H and O–H groups in total. The van der Waals surface area contributed by atoms with Gasteiger partial charge >= 0.3 is 0 Å². The van der Waals surface area contributed by atoms with E-state index in [-0.39, 0.29) is 5.91 Å². The van der Waals surface area contributed by atoms with E-state index in [0.29, 0.717) is 13.1 Å². The molecule has 1 aliphatic rings. The number of aromatic nitrogens is 2. The van der Waals surface area contributed by atoms with Crippen molar-refractivity contribution in [3.63, 3.8) is 0 Å². The average Bonchev–Trinajstić information content (AvgIpc) is 2.75. The largest absolute Gasteiger partial charge is 0.353 e. The maximum Gasteiger partial charge on any atom is 0.254 e. The molecule has 5 heteroatoms. The summed E-state index contributed by atoms with van der Waals surface area (Å²) in [6.45, 7) is 11.1. The molecule has 0 radical (unpaired) electrons. The molecule has 31 heavy (non-hydrogen) atoms. The fourth-order valence-electron chi connectivity index (χ4n) is 4.32. The van der Waals surface area contributed by atoms with Crippen LogP contribution in [-0.4, -0.2) is 47.0 Å². The summed E-state index contributed by atoms with van der Waals surface area (Å²) in [6, 6.07) is 16.4. The number of nitrogens with zero attached hydrogens (tertiary/aromatic N) is 4. The van der Waals surface area contributed by atoms with Crippen LogP contribution in [0.3, 0.4) is 0 Å². The van der Waals surface area contributed by atoms with Gasteiger partial charge in [-0.25, -0.2) is 9.97 Å². The van der Waals surface area contributed by atoms with Crippen molar-refractivity contribution in [2.45, 2.75) is 34.1 Å². The molecular formula is C26H30N4O. The molecule has 5 nitrogen and oxygen atoms in total. The molecule has 0 saturated carbocycles. The molecule has 3 aromatic rings. The van der Waals surface area contributed by atoms with Crippen LogP contribution in [0.15, 0.2) is 48.5 Å². The van der Waals surface area contributed by atoms with Gasteiger partial charge in [0.05, 0.1) is 0 Å². The molecule has 2 heterocycles. The molecule has 1 aromatic heterocycles. The normalized spacial score (nSPS) is 14.1. The van der Waals surface area contributed by atoms with Crippen molar-refractivity contribution in [1.29, 1.82) is 0 Å². The Morgan fingerprint density at radius 2 is 1.65 bits per heavy atom. The van der Waals surface area contributed by atoms with Gasteiger partial charge in [0.15, 0.2) is 0 Å². The fourth-order valence-corrected chi connectivity index (χ4v) is 4.32. The van der Waals surface area contributed by atoms with Gasteiger partial charge in [0.25, 0.3) is 5.91 Å². The van der Waals surface area contributed by atoms with E-state index in [9.17, 15) is 4.79 Å². The summed E-state index contributed by atoms with van der Waals surface area (Å²) in [4.78, 5) is 26.7. The maximum absolute atomic E-state index is 13.0. The molecule has 0 atom stereocenters. The van der Waals surface area contributed by atoms with Crippen LogP contribution in [0.4, 0.5) is 5.82 Å². The number of rotatable bonds is 4. The predicted molar refractivity (Wildman–Crippen MR) is 125 cm³/mol. The minimum atomic E-state index is 0.118. The number of benzene rings is 2. The zero-order chi connectivity index (χ0) is 22.0. The third-order valence-electron chi connectivity index (χ3n) is 6.01. The Kier molecular flexibility index (Phi) is 6.03. The molecular weight excluding hydrogens is 384 g/mol. The van der Waals surface area contributed by atoms with E-state index >= 15 is 0 Å². The molecule has 0 bridgehead atoms. The van der Waals surface area contributed by atoms with Crippen LogP contribution in [0.5, 0.6) is 0 Å². The molecule has 160 valence electrons. The summed E-state index contributed by atoms with van der Waals surface area (Å²) in [5, 5.41) is 0. The van der Waals surface area contributed by atoms with E-state index in [1.54, 1.807) is 0 Å². The third kappa shape index (κ3) is 4.61. The summed E-state index contributed by atoms with van der Waals surface area (Å²) < 4.78 is 0. The van der Waals surface area contributed by atoms with Crippen molar-refractivity contribution in [2.75, 3.05) is 31.1 Å². The summed E-state index contributed by atoms with van der Waals surface area (Å²) in [7, 11) is 0. The first kappa shape index (κ1) is 21.0. The van der Waals surface area contributed by atoms with E-state index in [1.807, 2.05) is 43.0 Å². The lowest BCUT2D eigenvalue weighted by molar-refractivity contribution is 0.0745. The van der Waals surface area contributed by atoms with Crippen LogP contribution >= 0.6 is 0 Å². The van der Waals surface area contributed by atoms with E-state index in [1.165, 1.54) is 16.7 Å². The highest BCUT2D eigenvalue weighted by Crippen LogP contribution is 2.26. The average molecular weight is 415 g/mol. The second-order valence-corrected chi connectivity index (χ2v) is 8.42. The van der Waals surface area contributed by atoms with Crippen molar-refractivity contribution >= 4 is 11.7 Å². The molecule has 1 amide bonds. The standard InChI is InChI=1S/C26H30N4O/c1-18-8-7-10-22(16-18)17-24-20(3)27-21(4)28-25(24)29-12-14-30(15-13-29)26(31)23-11-6-5-9-19(23)2/h5-11,16H,12-15,17H2,1-4H3. The Labute approximate surface area is 184 Å². The van der Waals surface area contributed by atoms with Crippen LogP contribution < -0.4 is 4.90 Å². The predicted octanol–water partition coefficient (Wildman–Crippen LogP) is 4.26. The molecule has 2 aromatic carbocycles. The molecule has 1 fully saturated rings. The molecule has 0 aliphatic carbocycles. The molecule has 0 unspecified atom stereocenters. The number of aryl methyl sites for hydroxylation is 4. The van der Waals surface area contributed by atoms with Crippen LogP contribution in [-0.2, 0) is 6.42 Å². The number of anilines is 1. The first-order valence-electron chi connectivity index (χ1n) is 10.9. The highest BCUT2D eigenvalue weighted by atomic mass is 16.2. The number of amides is 1. The van der Waals surface area contributed by atoms with Gasteiger partial charge in [0, 0.05) is 49.4 Å². The van der Waals surface area contributed by atoms with Gasteiger partial charge in [0.1, 0.15) is 11.6 Å². The molecule has 1 saturated heterocycles. The third-order valence-corrected chi connectivity index (χ3v) is 6.01. The minimum Gasteiger partial charge on any atom is -0.353 e. The monoisotopic (exact) mass is 414 g/mol. The van der Waals surface area contributed by atoms with E-state index in [4.69, 9.17) is 4.98 Å². The number of hydrogen-bond donors (Lipinski definition) is 0. The Morgan fingerprint density at radius 1 is 0.903 bits per heavy atom. The highest BCUT2D eigenvalue weighted by molar-refractivity contribution is 5.95. The molecule has 0 spiro atoms. The lowest BCUT2D eigenvalue weighted by Crippen LogP contribution is -2.49. The number of piperazine rings is 1. The highest BCUT2D eigenvalue weighted by Gasteiger charge is 2.26. The fraction of sp³-hybridized carbons (Fsp3) is 0.346. The Balaban J connectivity index is 1.54. The summed E-state index contributed by atoms with van der Waals surface area (Å²) in [6.07, 6.45) is 0.811. The van der Waals surface area contributed by atoms with Gasteiger partial charge in [-0.2, -0.15) is 0 Å². The number of carbonyl (C=O) groups is 1. The molecule has 1 aliphatic heterocycles. The van der Waals surface area contributed by atoms with Crippen LogP contribution in [0, 0.1) is 27.7 Å². The summed E-state index contributed by atoms with van der Waals surface area (Å²) in [5.41, 5.74) is 6.55. The van der Waals surface area contributed by atoms with Gasteiger partial charge < -0.3 is 9.80 Å². The van der Waals surface area contributed by atoms with E-state index < -0.39 is 0 Å². The van der Waals surface area contributed by atoms with Crippen molar-refractivity contribution in [3.8, 4) is 0 Å². The van der Waals surface area contributed by atoms with Crippen LogP contribution in [0.2, 0.25) is 0 Å². The van der Waals surface area contributed by atoms with E-state index in [2.05, 4.69) is 48.0 Å². The lowest BCUT2D eigenvalue weighted by Gasteiger charge is -2.36. The van der Waals surface area contributed by atoms with Crippen molar-refractivity contribution in [2.24, 2.45) is 0 Å². The smallest absolute Gasteiger partial charge is 0.254 e. The SMILES string of the molecule is Cc1cccc(Cc2c(C)nc(C)nc2N2CCN(C(=O)c3ccccc3C)CC2)c1. The van der Waals surface area contributed by atoms with Gasteiger partial charge in [-0.15, -0.1) is 0 Å². The first-order valence-corrected chi connectivity index (χ1v) is 10.9. The number of carbonyl (C=O) groups excluding carboxylic acids is 1. The zero-order valence-electron chi connectivity index (χ0n) is 18.9. The maximum atomic E-state index is 13.0. The van der Waals surface area contributed by atoms with Gasteiger partial charge in [-0.1, -0.05) is 48.0 Å². The van der Waals surface area contributed by atoms with Crippen LogP contribution in [0.1, 0.15) is 44.1 Å².